The summed E-state index contributed by atoms with van der Waals surface area (Å²) in [6.45, 7) is 2.37. The minimum atomic E-state index is 0.120. The van der Waals surface area contributed by atoms with E-state index < -0.39 is 0 Å². The van der Waals surface area contributed by atoms with E-state index in [1.807, 2.05) is 18.7 Å². The van der Waals surface area contributed by atoms with E-state index >= 15 is 0 Å². The summed E-state index contributed by atoms with van der Waals surface area (Å²) in [6.07, 6.45) is 2.68. The Kier molecular flexibility index (Phi) is 4.60. The Morgan fingerprint density at radius 1 is 1.72 bits per heavy atom. The van der Waals surface area contributed by atoms with Crippen LogP contribution in [0.4, 0.5) is 0 Å². The van der Waals surface area contributed by atoms with Crippen LogP contribution in [0.15, 0.2) is 11.5 Å². The van der Waals surface area contributed by atoms with Crippen molar-refractivity contribution < 1.29 is 9.53 Å². The maximum absolute atomic E-state index is 11.9. The van der Waals surface area contributed by atoms with E-state index in [0.29, 0.717) is 11.7 Å². The van der Waals surface area contributed by atoms with Gasteiger partial charge in [0.25, 0.3) is 0 Å². The predicted octanol–water partition coefficient (Wildman–Crippen LogP) is 0.402. The van der Waals surface area contributed by atoms with Gasteiger partial charge < -0.3 is 14.2 Å². The van der Waals surface area contributed by atoms with Gasteiger partial charge in [-0.3, -0.25) is 4.79 Å². The summed E-state index contributed by atoms with van der Waals surface area (Å²) in [7, 11) is 3.71. The molecule has 0 aromatic carbocycles. The fraction of sp³-hybridized carbons (Fsp3) is 0.727. The molecule has 18 heavy (non-hydrogen) atoms. The molecule has 1 aliphatic heterocycles. The molecule has 0 saturated carbocycles. The van der Waals surface area contributed by atoms with E-state index in [2.05, 4.69) is 10.2 Å². The summed E-state index contributed by atoms with van der Waals surface area (Å²) in [5, 5.41) is 8.48. The second-order valence-electron chi connectivity index (χ2n) is 4.52. The first-order chi connectivity index (χ1) is 8.66. The smallest absolute Gasteiger partial charge is 0.232 e. The van der Waals surface area contributed by atoms with Gasteiger partial charge in [-0.25, -0.2) is 0 Å². The minimum Gasteiger partial charge on any atom is -0.381 e. The van der Waals surface area contributed by atoms with Gasteiger partial charge in [-0.05, 0) is 6.42 Å². The van der Waals surface area contributed by atoms with Crippen LogP contribution in [0, 0.1) is 5.92 Å². The molecule has 0 N–H and O–H groups in total. The number of hydrogen-bond acceptors (Lipinski definition) is 5. The Balaban J connectivity index is 1.75. The van der Waals surface area contributed by atoms with Crippen molar-refractivity contribution in [2.75, 3.05) is 32.6 Å². The quantitative estimate of drug-likeness (QED) is 0.725. The maximum Gasteiger partial charge on any atom is 0.232 e. The Hall–Kier alpha value is -1.08. The van der Waals surface area contributed by atoms with Crippen molar-refractivity contribution in [3.8, 4) is 0 Å². The first-order valence-electron chi connectivity index (χ1n) is 5.95. The number of ether oxygens (including phenoxy) is 1. The highest BCUT2D eigenvalue weighted by atomic mass is 32.2. The largest absolute Gasteiger partial charge is 0.381 e. The molecule has 0 unspecified atom stereocenters. The van der Waals surface area contributed by atoms with Crippen molar-refractivity contribution in [2.24, 2.45) is 13.0 Å². The van der Waals surface area contributed by atoms with E-state index in [0.717, 1.165) is 31.3 Å². The van der Waals surface area contributed by atoms with Crippen molar-refractivity contribution in [1.29, 1.82) is 0 Å². The summed E-state index contributed by atoms with van der Waals surface area (Å²) in [5.41, 5.74) is 0. The number of rotatable bonds is 5. The van der Waals surface area contributed by atoms with Gasteiger partial charge in [0, 0.05) is 33.2 Å². The molecular formula is C11H18N4O2S. The zero-order valence-corrected chi connectivity index (χ0v) is 11.5. The average molecular weight is 270 g/mol. The lowest BCUT2D eigenvalue weighted by atomic mass is 10.1. The zero-order valence-electron chi connectivity index (χ0n) is 10.7. The van der Waals surface area contributed by atoms with Gasteiger partial charge in [0.15, 0.2) is 5.16 Å². The fourth-order valence-corrected chi connectivity index (χ4v) is 2.68. The lowest BCUT2D eigenvalue weighted by Crippen LogP contribution is -2.33. The Bertz CT molecular complexity index is 404. The summed E-state index contributed by atoms with van der Waals surface area (Å²) in [6, 6.07) is 0. The number of nitrogens with zero attached hydrogens (tertiary/aromatic N) is 4. The van der Waals surface area contributed by atoms with Gasteiger partial charge >= 0.3 is 0 Å². The maximum atomic E-state index is 11.9. The summed E-state index contributed by atoms with van der Waals surface area (Å²) >= 11 is 1.41. The van der Waals surface area contributed by atoms with Gasteiger partial charge in [-0.2, -0.15) is 0 Å². The monoisotopic (exact) mass is 270 g/mol. The van der Waals surface area contributed by atoms with Gasteiger partial charge in [0.05, 0.1) is 12.4 Å². The minimum absolute atomic E-state index is 0.120. The number of amides is 1. The zero-order chi connectivity index (χ0) is 13.0. The van der Waals surface area contributed by atoms with E-state index in [1.54, 1.807) is 11.2 Å². The lowest BCUT2D eigenvalue weighted by Gasteiger charge is -2.20. The molecule has 100 valence electrons. The first-order valence-corrected chi connectivity index (χ1v) is 6.94. The van der Waals surface area contributed by atoms with Crippen molar-refractivity contribution in [2.45, 2.75) is 11.6 Å². The highest BCUT2D eigenvalue weighted by molar-refractivity contribution is 7.99. The highest BCUT2D eigenvalue weighted by Crippen LogP contribution is 2.16. The number of aryl methyl sites for hydroxylation is 1. The normalized spacial score (nSPS) is 19.1. The van der Waals surface area contributed by atoms with Crippen LogP contribution in [0.25, 0.3) is 0 Å². The van der Waals surface area contributed by atoms with Crippen molar-refractivity contribution >= 4 is 17.7 Å². The molecular weight excluding hydrogens is 252 g/mol. The molecule has 0 aliphatic carbocycles. The van der Waals surface area contributed by atoms with Gasteiger partial charge in [-0.15, -0.1) is 10.2 Å². The predicted molar refractivity (Wildman–Crippen MR) is 68.3 cm³/mol. The summed E-state index contributed by atoms with van der Waals surface area (Å²) in [5.74, 6) is 1.00. The van der Waals surface area contributed by atoms with Gasteiger partial charge in [0.2, 0.25) is 5.91 Å². The van der Waals surface area contributed by atoms with E-state index in [9.17, 15) is 4.79 Å². The van der Waals surface area contributed by atoms with Crippen molar-refractivity contribution in [3.05, 3.63) is 6.33 Å². The summed E-state index contributed by atoms with van der Waals surface area (Å²) < 4.78 is 7.12. The molecule has 1 aromatic rings. The van der Waals surface area contributed by atoms with Crippen LogP contribution in [0.5, 0.6) is 0 Å². The molecule has 0 bridgehead atoms. The van der Waals surface area contributed by atoms with Crippen LogP contribution in [0.2, 0.25) is 0 Å². The van der Waals surface area contributed by atoms with E-state index in [4.69, 9.17) is 4.74 Å². The third kappa shape index (κ3) is 3.46. The molecule has 0 radical (unpaired) electrons. The van der Waals surface area contributed by atoms with E-state index in [-0.39, 0.29) is 5.91 Å². The average Bonchev–Trinajstić information content (AvgIpc) is 2.98. The molecule has 1 aromatic heterocycles. The second kappa shape index (κ2) is 6.19. The Labute approximate surface area is 111 Å². The molecule has 2 heterocycles. The van der Waals surface area contributed by atoms with Crippen LogP contribution < -0.4 is 0 Å². The van der Waals surface area contributed by atoms with Gasteiger partial charge in [0.1, 0.15) is 6.33 Å². The molecule has 7 heteroatoms. The third-order valence-corrected chi connectivity index (χ3v) is 4.00. The van der Waals surface area contributed by atoms with Crippen LogP contribution in [0.3, 0.4) is 0 Å². The third-order valence-electron chi connectivity index (χ3n) is 2.98. The number of carbonyl (C=O) groups is 1. The molecule has 6 nitrogen and oxygen atoms in total. The van der Waals surface area contributed by atoms with Crippen molar-refractivity contribution in [3.63, 3.8) is 0 Å². The SMILES string of the molecule is CN(C[C@H]1CCOC1)C(=O)CSc1nncn1C. The van der Waals surface area contributed by atoms with Crippen molar-refractivity contribution in [1.82, 2.24) is 19.7 Å². The Morgan fingerprint density at radius 3 is 3.17 bits per heavy atom. The molecule has 1 fully saturated rings. The molecule has 1 amide bonds. The van der Waals surface area contributed by atoms with Crippen LogP contribution in [-0.2, 0) is 16.6 Å². The number of thioether (sulfide) groups is 1. The number of hydrogen-bond donors (Lipinski definition) is 0. The van der Waals surface area contributed by atoms with E-state index in [1.165, 1.54) is 11.8 Å². The second-order valence-corrected chi connectivity index (χ2v) is 5.46. The highest BCUT2D eigenvalue weighted by Gasteiger charge is 2.20. The first kappa shape index (κ1) is 13.4. The fourth-order valence-electron chi connectivity index (χ4n) is 1.86. The molecule has 0 spiro atoms. The molecule has 2 rings (SSSR count). The van der Waals surface area contributed by atoms with Crippen LogP contribution in [0.1, 0.15) is 6.42 Å². The van der Waals surface area contributed by atoms with Crippen LogP contribution in [-0.4, -0.2) is 58.1 Å². The lowest BCUT2D eigenvalue weighted by molar-refractivity contribution is -0.127. The topological polar surface area (TPSA) is 60.2 Å². The standard InChI is InChI=1S/C11H18N4O2S/c1-14(5-9-3-4-17-6-9)10(16)7-18-11-13-12-8-15(11)2/h8-9H,3-7H2,1-2H3/t9-/m1/s1. The number of carbonyl (C=O) groups excluding carboxylic acids is 1. The Morgan fingerprint density at radius 2 is 2.56 bits per heavy atom. The van der Waals surface area contributed by atoms with Gasteiger partial charge in [-0.1, -0.05) is 11.8 Å². The van der Waals surface area contributed by atoms with Crippen LogP contribution >= 0.6 is 11.8 Å². The number of aromatic nitrogens is 3. The molecule has 1 aliphatic rings. The molecule has 1 atom stereocenters. The summed E-state index contributed by atoms with van der Waals surface area (Å²) in [4.78, 5) is 13.7. The molecule has 1 saturated heterocycles.